The van der Waals surface area contributed by atoms with Crippen LogP contribution in [-0.2, 0) is 9.47 Å². The van der Waals surface area contributed by atoms with Crippen molar-refractivity contribution in [3.63, 3.8) is 0 Å². The van der Waals surface area contributed by atoms with Crippen molar-refractivity contribution in [3.05, 3.63) is 42.1 Å². The van der Waals surface area contributed by atoms with Gasteiger partial charge in [0.25, 0.3) is 0 Å². The zero-order chi connectivity index (χ0) is 12.7. The minimum atomic E-state index is -0.593. The van der Waals surface area contributed by atoms with Gasteiger partial charge in [-0.25, -0.2) is 9.18 Å². The Morgan fingerprint density at radius 2 is 2.18 bits per heavy atom. The second-order valence-corrected chi connectivity index (χ2v) is 2.98. The van der Waals surface area contributed by atoms with Crippen molar-refractivity contribution in [2.75, 3.05) is 13.7 Å². The maximum absolute atomic E-state index is 13.0. The van der Waals surface area contributed by atoms with E-state index in [1.165, 1.54) is 25.7 Å². The van der Waals surface area contributed by atoms with E-state index in [4.69, 9.17) is 9.47 Å². The first-order chi connectivity index (χ1) is 8.19. The Labute approximate surface area is 98.6 Å². The van der Waals surface area contributed by atoms with Crippen LogP contribution in [-0.4, -0.2) is 19.7 Å². The summed E-state index contributed by atoms with van der Waals surface area (Å²) in [5, 5.41) is 0. The number of halogens is 1. The summed E-state index contributed by atoms with van der Waals surface area (Å²) in [7, 11) is 1.24. The number of methoxy groups -OCH3 is 1. The zero-order valence-electron chi connectivity index (χ0n) is 9.60. The average Bonchev–Trinajstić information content (AvgIpc) is 2.34. The number of ether oxygens (including phenoxy) is 3. The molecule has 0 amide bonds. The van der Waals surface area contributed by atoms with E-state index in [1.54, 1.807) is 0 Å². The molecule has 4 nitrogen and oxygen atoms in total. The van der Waals surface area contributed by atoms with Gasteiger partial charge in [-0.1, -0.05) is 0 Å². The molecule has 0 aromatic heterocycles. The van der Waals surface area contributed by atoms with Crippen molar-refractivity contribution in [2.24, 2.45) is 0 Å². The van der Waals surface area contributed by atoms with Gasteiger partial charge in [-0.05, 0) is 19.1 Å². The van der Waals surface area contributed by atoms with E-state index in [0.717, 1.165) is 12.1 Å². The topological polar surface area (TPSA) is 44.8 Å². The van der Waals surface area contributed by atoms with Gasteiger partial charge in [0.1, 0.15) is 29.7 Å². The number of hydrogen-bond acceptors (Lipinski definition) is 4. The fourth-order valence-corrected chi connectivity index (χ4v) is 1.11. The Morgan fingerprint density at radius 1 is 1.41 bits per heavy atom. The van der Waals surface area contributed by atoms with Gasteiger partial charge in [0.05, 0.1) is 13.7 Å². The third kappa shape index (κ3) is 3.79. The Bertz CT molecular complexity index is 415. The Balaban J connectivity index is 2.87. The van der Waals surface area contributed by atoms with Crippen LogP contribution in [0, 0.1) is 5.82 Å². The highest BCUT2D eigenvalue weighted by molar-refractivity contribution is 5.92. The molecule has 1 aromatic carbocycles. The summed E-state index contributed by atoms with van der Waals surface area (Å²) >= 11 is 0. The van der Waals surface area contributed by atoms with Crippen molar-refractivity contribution in [1.29, 1.82) is 0 Å². The summed E-state index contributed by atoms with van der Waals surface area (Å²) in [5.74, 6) is -1.02. The lowest BCUT2D eigenvalue weighted by Gasteiger charge is -2.06. The summed E-state index contributed by atoms with van der Waals surface area (Å²) < 4.78 is 27.5. The summed E-state index contributed by atoms with van der Waals surface area (Å²) in [4.78, 5) is 11.4. The average molecular weight is 240 g/mol. The molecule has 5 heteroatoms. The van der Waals surface area contributed by atoms with E-state index in [9.17, 15) is 9.18 Å². The molecule has 17 heavy (non-hydrogen) atoms. The quantitative estimate of drug-likeness (QED) is 0.586. The number of hydrogen-bond donors (Lipinski definition) is 0. The van der Waals surface area contributed by atoms with Crippen molar-refractivity contribution >= 4 is 5.97 Å². The molecule has 0 saturated carbocycles. The fourth-order valence-electron chi connectivity index (χ4n) is 1.11. The zero-order valence-corrected chi connectivity index (χ0v) is 9.60. The van der Waals surface area contributed by atoms with Crippen molar-refractivity contribution in [1.82, 2.24) is 0 Å². The molecule has 0 radical (unpaired) electrons. The van der Waals surface area contributed by atoms with Crippen LogP contribution in [0.3, 0.4) is 0 Å². The first-order valence-electron chi connectivity index (χ1n) is 5.00. The normalized spacial score (nSPS) is 10.3. The van der Waals surface area contributed by atoms with Crippen LogP contribution in [0.5, 0.6) is 5.75 Å². The molecule has 0 unspecified atom stereocenters. The van der Waals surface area contributed by atoms with E-state index in [2.05, 4.69) is 4.74 Å². The first kappa shape index (κ1) is 13.0. The second-order valence-electron chi connectivity index (χ2n) is 2.98. The van der Waals surface area contributed by atoms with Crippen LogP contribution in [0.1, 0.15) is 17.3 Å². The monoisotopic (exact) mass is 240 g/mol. The van der Waals surface area contributed by atoms with Crippen LogP contribution in [0.25, 0.3) is 0 Å². The molecule has 0 fully saturated rings. The van der Waals surface area contributed by atoms with Crippen LogP contribution in [0.2, 0.25) is 0 Å². The number of benzene rings is 1. The third-order valence-corrected chi connectivity index (χ3v) is 1.86. The summed E-state index contributed by atoms with van der Waals surface area (Å²) in [6, 6.07) is 3.55. The molecule has 0 N–H and O–H groups in total. The fraction of sp³-hybridized carbons (Fsp3) is 0.250. The predicted molar refractivity (Wildman–Crippen MR) is 59.1 cm³/mol. The highest BCUT2D eigenvalue weighted by Gasteiger charge is 2.13. The van der Waals surface area contributed by atoms with Crippen LogP contribution in [0.15, 0.2) is 30.7 Å². The molecule has 92 valence electrons. The van der Waals surface area contributed by atoms with Crippen LogP contribution >= 0.6 is 0 Å². The van der Waals surface area contributed by atoms with E-state index >= 15 is 0 Å². The molecule has 0 saturated heterocycles. The molecule has 0 atom stereocenters. The van der Waals surface area contributed by atoms with Crippen LogP contribution < -0.4 is 4.74 Å². The van der Waals surface area contributed by atoms with Crippen molar-refractivity contribution < 1.29 is 23.4 Å². The Morgan fingerprint density at radius 3 is 2.82 bits per heavy atom. The molecule has 0 heterocycles. The van der Waals surface area contributed by atoms with E-state index in [-0.39, 0.29) is 11.3 Å². The van der Waals surface area contributed by atoms with E-state index in [0.29, 0.717) is 6.61 Å². The van der Waals surface area contributed by atoms with Gasteiger partial charge in [-0.2, -0.15) is 0 Å². The first-order valence-corrected chi connectivity index (χ1v) is 5.00. The SMILES string of the molecule is CCO/C=C/Oc1cc(F)ccc1C(=O)OC. The summed E-state index contributed by atoms with van der Waals surface area (Å²) in [6.45, 7) is 2.30. The molecule has 0 aliphatic carbocycles. The Hall–Kier alpha value is -2.04. The third-order valence-electron chi connectivity index (χ3n) is 1.86. The van der Waals surface area contributed by atoms with Gasteiger partial charge in [0.15, 0.2) is 0 Å². The number of carbonyl (C=O) groups excluding carboxylic acids is 1. The largest absolute Gasteiger partial charge is 0.498 e. The van der Waals surface area contributed by atoms with E-state index < -0.39 is 11.8 Å². The molecule has 0 spiro atoms. The van der Waals surface area contributed by atoms with Crippen LogP contribution in [0.4, 0.5) is 4.39 Å². The van der Waals surface area contributed by atoms with Gasteiger partial charge in [0.2, 0.25) is 0 Å². The van der Waals surface area contributed by atoms with Gasteiger partial charge in [0, 0.05) is 6.07 Å². The van der Waals surface area contributed by atoms with Crippen molar-refractivity contribution in [3.8, 4) is 5.75 Å². The summed E-state index contributed by atoms with van der Waals surface area (Å²) in [5.41, 5.74) is 0.148. The lowest BCUT2D eigenvalue weighted by molar-refractivity contribution is 0.0597. The van der Waals surface area contributed by atoms with Gasteiger partial charge in [-0.15, -0.1) is 0 Å². The summed E-state index contributed by atoms with van der Waals surface area (Å²) in [6.07, 6.45) is 2.54. The van der Waals surface area contributed by atoms with E-state index in [1.807, 2.05) is 6.92 Å². The van der Waals surface area contributed by atoms with Gasteiger partial charge in [-0.3, -0.25) is 0 Å². The predicted octanol–water partition coefficient (Wildman–Crippen LogP) is 2.50. The second kappa shape index (κ2) is 6.52. The lowest BCUT2D eigenvalue weighted by Crippen LogP contribution is -2.04. The maximum Gasteiger partial charge on any atom is 0.341 e. The number of esters is 1. The molecular weight excluding hydrogens is 227 g/mol. The number of rotatable bonds is 5. The smallest absolute Gasteiger partial charge is 0.341 e. The molecule has 0 aliphatic rings. The highest BCUT2D eigenvalue weighted by Crippen LogP contribution is 2.21. The van der Waals surface area contributed by atoms with Gasteiger partial charge >= 0.3 is 5.97 Å². The molecular formula is C12H13FO4. The minimum Gasteiger partial charge on any atom is -0.498 e. The standard InChI is InChI=1S/C12H13FO4/c1-3-16-6-7-17-11-8-9(13)4-5-10(11)12(14)15-2/h4-8H,3H2,1-2H3/b7-6+. The minimum absolute atomic E-state index is 0.0767. The van der Waals surface area contributed by atoms with Crippen molar-refractivity contribution in [2.45, 2.75) is 6.92 Å². The lowest BCUT2D eigenvalue weighted by atomic mass is 10.2. The molecule has 1 aromatic rings. The molecule has 1 rings (SSSR count). The number of carbonyl (C=O) groups is 1. The maximum atomic E-state index is 13.0. The Kier molecular flexibility index (Phi) is 5.00. The molecule has 0 bridgehead atoms. The molecule has 0 aliphatic heterocycles. The van der Waals surface area contributed by atoms with Gasteiger partial charge < -0.3 is 14.2 Å². The highest BCUT2D eigenvalue weighted by atomic mass is 19.1.